The summed E-state index contributed by atoms with van der Waals surface area (Å²) in [6.07, 6.45) is 4.09. The summed E-state index contributed by atoms with van der Waals surface area (Å²) in [5.74, 6) is -0.0998. The number of fused-ring (bicyclic) bond motifs is 1. The molecule has 1 amide bonds. The van der Waals surface area contributed by atoms with Crippen LogP contribution in [0.15, 0.2) is 53.9 Å². The van der Waals surface area contributed by atoms with Gasteiger partial charge < -0.3 is 9.64 Å². The number of benzene rings is 1. The Kier molecular flexibility index (Phi) is 5.87. The number of aromatic nitrogens is 1. The van der Waals surface area contributed by atoms with Crippen LogP contribution in [0.25, 0.3) is 0 Å². The van der Waals surface area contributed by atoms with Crippen LogP contribution >= 0.6 is 0 Å². The number of rotatable bonds is 3. The van der Waals surface area contributed by atoms with Gasteiger partial charge in [0.1, 0.15) is 5.60 Å². The summed E-state index contributed by atoms with van der Waals surface area (Å²) in [6, 6.07) is 13.8. The van der Waals surface area contributed by atoms with Crippen LogP contribution in [0.5, 0.6) is 0 Å². The molecule has 3 unspecified atom stereocenters. The average molecular weight is 446 g/mol. The van der Waals surface area contributed by atoms with Crippen LogP contribution in [0.4, 0.5) is 4.79 Å². The zero-order valence-corrected chi connectivity index (χ0v) is 19.9. The second-order valence-electron chi connectivity index (χ2n) is 10.0. The Balaban J connectivity index is 1.78. The van der Waals surface area contributed by atoms with E-state index in [1.54, 1.807) is 18.5 Å². The highest BCUT2D eigenvalue weighted by molar-refractivity contribution is 6.07. The molecule has 2 aliphatic heterocycles. The normalized spacial score (nSPS) is 24.7. The summed E-state index contributed by atoms with van der Waals surface area (Å²) in [7, 11) is 0. The van der Waals surface area contributed by atoms with E-state index in [0.717, 1.165) is 23.3 Å². The van der Waals surface area contributed by atoms with E-state index in [9.17, 15) is 10.1 Å². The maximum atomic E-state index is 13.2. The van der Waals surface area contributed by atoms with Crippen LogP contribution in [0.1, 0.15) is 63.6 Å². The summed E-state index contributed by atoms with van der Waals surface area (Å²) in [4.78, 5) is 19.3. The minimum absolute atomic E-state index is 0.000409. The molecule has 0 N–H and O–H groups in total. The Bertz CT molecular complexity index is 1100. The lowest BCUT2D eigenvalue weighted by molar-refractivity contribution is -0.0400. The van der Waals surface area contributed by atoms with E-state index in [4.69, 9.17) is 9.84 Å². The number of carbonyl (C=O) groups excluding carboxylic acids is 1. The number of amides is 1. The number of nitrogens with zero attached hydrogens (tertiary/aromatic N) is 5. The summed E-state index contributed by atoms with van der Waals surface area (Å²) >= 11 is 0. The molecule has 7 nitrogen and oxygen atoms in total. The highest BCUT2D eigenvalue weighted by Crippen LogP contribution is 2.45. The number of hydrogen-bond donors (Lipinski definition) is 0. The van der Waals surface area contributed by atoms with Gasteiger partial charge in [-0.1, -0.05) is 19.1 Å². The van der Waals surface area contributed by atoms with E-state index < -0.39 is 11.1 Å². The molecule has 1 aromatic heterocycles. The van der Waals surface area contributed by atoms with Gasteiger partial charge in [0.05, 0.1) is 41.4 Å². The van der Waals surface area contributed by atoms with Crippen molar-refractivity contribution in [3.63, 3.8) is 0 Å². The predicted octanol–water partition coefficient (Wildman–Crippen LogP) is 4.54. The summed E-state index contributed by atoms with van der Waals surface area (Å²) in [5, 5.41) is 16.7. The standard InChI is InChI=1S/C26H31N5O2/c1-6-21-16-31-26(5,17-30(21)24(32)33-25(2,3)4)22(19-10-12-28-13-11-19)23(29-31)20-9-7-8-18(14-20)15-27/h7-14,21-22H,6,16-17H2,1-5H3. The lowest BCUT2D eigenvalue weighted by atomic mass is 9.75. The van der Waals surface area contributed by atoms with Crippen LogP contribution in [0, 0.1) is 11.3 Å². The third-order valence-electron chi connectivity index (χ3n) is 6.45. The number of hydrogen-bond acceptors (Lipinski definition) is 6. The van der Waals surface area contributed by atoms with Gasteiger partial charge in [-0.15, -0.1) is 0 Å². The minimum Gasteiger partial charge on any atom is -0.444 e. The highest BCUT2D eigenvalue weighted by atomic mass is 16.6. The Morgan fingerprint density at radius 2 is 2.00 bits per heavy atom. The molecule has 7 heteroatoms. The van der Waals surface area contributed by atoms with Crippen molar-refractivity contribution in [2.24, 2.45) is 5.10 Å². The number of pyridine rings is 1. The van der Waals surface area contributed by atoms with Crippen LogP contribution in [-0.2, 0) is 4.74 Å². The van der Waals surface area contributed by atoms with E-state index in [-0.39, 0.29) is 18.1 Å². The van der Waals surface area contributed by atoms with Crippen molar-refractivity contribution >= 4 is 11.8 Å². The fourth-order valence-corrected chi connectivity index (χ4v) is 4.87. The van der Waals surface area contributed by atoms with E-state index in [1.807, 2.05) is 56.0 Å². The largest absolute Gasteiger partial charge is 0.444 e. The van der Waals surface area contributed by atoms with Gasteiger partial charge in [0, 0.05) is 18.9 Å². The van der Waals surface area contributed by atoms with Gasteiger partial charge in [-0.3, -0.25) is 9.99 Å². The molecular formula is C26H31N5O2. The van der Waals surface area contributed by atoms with Crippen molar-refractivity contribution < 1.29 is 9.53 Å². The molecule has 4 rings (SSSR count). The number of piperazine rings is 1. The third kappa shape index (κ3) is 4.30. The summed E-state index contributed by atoms with van der Waals surface area (Å²) in [6.45, 7) is 11.0. The molecule has 1 fully saturated rings. The molecule has 2 aliphatic rings. The van der Waals surface area contributed by atoms with Crippen LogP contribution in [-0.4, -0.2) is 57.0 Å². The molecule has 33 heavy (non-hydrogen) atoms. The van der Waals surface area contributed by atoms with Crippen molar-refractivity contribution in [1.82, 2.24) is 14.9 Å². The van der Waals surface area contributed by atoms with Gasteiger partial charge in [-0.2, -0.15) is 10.4 Å². The molecule has 3 atom stereocenters. The summed E-state index contributed by atoms with van der Waals surface area (Å²) in [5.41, 5.74) is 2.47. The van der Waals surface area contributed by atoms with Crippen LogP contribution in [0.2, 0.25) is 0 Å². The maximum Gasteiger partial charge on any atom is 0.410 e. The van der Waals surface area contributed by atoms with Crippen molar-refractivity contribution in [1.29, 1.82) is 5.26 Å². The molecule has 172 valence electrons. The average Bonchev–Trinajstić information content (AvgIpc) is 3.09. The molecule has 0 saturated carbocycles. The molecule has 0 radical (unpaired) electrons. The zero-order valence-electron chi connectivity index (χ0n) is 19.9. The molecule has 0 bridgehead atoms. The van der Waals surface area contributed by atoms with Crippen LogP contribution in [0.3, 0.4) is 0 Å². The Morgan fingerprint density at radius 3 is 2.64 bits per heavy atom. The minimum atomic E-state index is -0.563. The first-order chi connectivity index (χ1) is 15.7. The Hall–Kier alpha value is -3.40. The van der Waals surface area contributed by atoms with Gasteiger partial charge in [0.15, 0.2) is 0 Å². The van der Waals surface area contributed by atoms with Crippen molar-refractivity contribution in [2.45, 2.75) is 64.1 Å². The van der Waals surface area contributed by atoms with Gasteiger partial charge >= 0.3 is 6.09 Å². The molecule has 1 saturated heterocycles. The van der Waals surface area contributed by atoms with Crippen LogP contribution < -0.4 is 0 Å². The van der Waals surface area contributed by atoms with Gasteiger partial charge in [0.25, 0.3) is 0 Å². The predicted molar refractivity (Wildman–Crippen MR) is 127 cm³/mol. The van der Waals surface area contributed by atoms with E-state index in [1.165, 1.54) is 0 Å². The van der Waals surface area contributed by atoms with E-state index in [0.29, 0.717) is 18.7 Å². The fourth-order valence-electron chi connectivity index (χ4n) is 4.87. The van der Waals surface area contributed by atoms with Crippen molar-refractivity contribution in [3.8, 4) is 6.07 Å². The molecule has 0 aliphatic carbocycles. The first-order valence-electron chi connectivity index (χ1n) is 11.4. The van der Waals surface area contributed by atoms with Gasteiger partial charge in [-0.25, -0.2) is 4.79 Å². The summed E-state index contributed by atoms with van der Waals surface area (Å²) < 4.78 is 5.77. The molecule has 1 aromatic carbocycles. The first-order valence-corrected chi connectivity index (χ1v) is 11.4. The smallest absolute Gasteiger partial charge is 0.410 e. The number of nitriles is 1. The quantitative estimate of drug-likeness (QED) is 0.693. The Labute approximate surface area is 195 Å². The third-order valence-corrected chi connectivity index (χ3v) is 6.45. The molecular weight excluding hydrogens is 414 g/mol. The SMILES string of the molecule is CCC1CN2N=C(c3cccc(C#N)c3)C(c3ccncc3)C2(C)CN1C(=O)OC(C)(C)C. The number of hydrazone groups is 1. The lowest BCUT2D eigenvalue weighted by Crippen LogP contribution is -2.64. The Morgan fingerprint density at radius 1 is 1.27 bits per heavy atom. The topological polar surface area (TPSA) is 81.8 Å². The van der Waals surface area contributed by atoms with E-state index >= 15 is 0 Å². The van der Waals surface area contributed by atoms with Gasteiger partial charge in [0.2, 0.25) is 0 Å². The lowest BCUT2D eigenvalue weighted by Gasteiger charge is -2.50. The number of ether oxygens (including phenoxy) is 1. The monoisotopic (exact) mass is 445 g/mol. The molecule has 2 aromatic rings. The van der Waals surface area contributed by atoms with Gasteiger partial charge in [-0.05, 0) is 69.5 Å². The zero-order chi connectivity index (χ0) is 23.8. The first kappa shape index (κ1) is 22.8. The number of carbonyl (C=O) groups is 1. The van der Waals surface area contributed by atoms with Crippen molar-refractivity contribution in [2.75, 3.05) is 13.1 Å². The van der Waals surface area contributed by atoms with E-state index in [2.05, 4.69) is 29.9 Å². The second-order valence-corrected chi connectivity index (χ2v) is 10.0. The molecule has 0 spiro atoms. The maximum absolute atomic E-state index is 13.2. The highest BCUT2D eigenvalue weighted by Gasteiger charge is 2.54. The molecule has 3 heterocycles. The fraction of sp³-hybridized carbons (Fsp3) is 0.462. The van der Waals surface area contributed by atoms with Crippen molar-refractivity contribution in [3.05, 3.63) is 65.5 Å². The second kappa shape index (κ2) is 8.51.